The van der Waals surface area contributed by atoms with Crippen molar-refractivity contribution in [3.05, 3.63) is 59.7 Å². The predicted molar refractivity (Wildman–Crippen MR) is 121 cm³/mol. The Morgan fingerprint density at radius 2 is 1.88 bits per heavy atom. The van der Waals surface area contributed by atoms with Crippen molar-refractivity contribution in [3.8, 4) is 0 Å². The molecule has 4 aliphatic rings. The highest BCUT2D eigenvalue weighted by molar-refractivity contribution is 5.89. The summed E-state index contributed by atoms with van der Waals surface area (Å²) in [6, 6.07) is 8.98. The van der Waals surface area contributed by atoms with Crippen LogP contribution in [0, 0.1) is 16.7 Å². The van der Waals surface area contributed by atoms with E-state index in [4.69, 9.17) is 14.2 Å². The molecular weight excluding hydrogens is 420 g/mol. The molecule has 0 aromatic heterocycles. The molecule has 5 rings (SSSR count). The van der Waals surface area contributed by atoms with Crippen molar-refractivity contribution in [1.82, 2.24) is 0 Å². The number of hydrogen-bond donors (Lipinski definition) is 1. The van der Waals surface area contributed by atoms with E-state index in [0.29, 0.717) is 12.0 Å². The molecule has 0 unspecified atom stereocenters. The summed E-state index contributed by atoms with van der Waals surface area (Å²) in [6.07, 6.45) is 7.10. The highest BCUT2D eigenvalue weighted by Crippen LogP contribution is 2.71. The summed E-state index contributed by atoms with van der Waals surface area (Å²) < 4.78 is 17.4. The van der Waals surface area contributed by atoms with Crippen LogP contribution in [0.4, 0.5) is 0 Å². The lowest BCUT2D eigenvalue weighted by molar-refractivity contribution is -0.217. The molecule has 1 N–H and O–H groups in total. The zero-order valence-corrected chi connectivity index (χ0v) is 19.7. The molecule has 1 saturated heterocycles. The van der Waals surface area contributed by atoms with Gasteiger partial charge in [-0.1, -0.05) is 44.2 Å². The molecule has 1 aromatic rings. The second-order valence-corrected chi connectivity index (χ2v) is 10.8. The van der Waals surface area contributed by atoms with Gasteiger partial charge in [-0.3, -0.25) is 0 Å². The Balaban J connectivity index is 1.53. The molecule has 0 bridgehead atoms. The minimum absolute atomic E-state index is 0.000876. The maximum atomic E-state index is 13.0. The third-order valence-electron chi connectivity index (χ3n) is 9.18. The number of carbonyl (C=O) groups excluding carboxylic acids is 2. The lowest BCUT2D eigenvalue weighted by Crippen LogP contribution is -2.68. The van der Waals surface area contributed by atoms with Gasteiger partial charge >= 0.3 is 11.9 Å². The van der Waals surface area contributed by atoms with E-state index in [1.165, 1.54) is 6.08 Å². The lowest BCUT2D eigenvalue weighted by Gasteiger charge is -2.63. The number of esters is 2. The third kappa shape index (κ3) is 3.22. The Morgan fingerprint density at radius 3 is 2.55 bits per heavy atom. The van der Waals surface area contributed by atoms with Gasteiger partial charge in [0.15, 0.2) is 0 Å². The van der Waals surface area contributed by atoms with E-state index in [2.05, 4.69) is 20.8 Å². The molecule has 2 saturated carbocycles. The molecule has 2 aliphatic heterocycles. The zero-order valence-electron chi connectivity index (χ0n) is 19.7. The third-order valence-corrected chi connectivity index (χ3v) is 9.18. The minimum atomic E-state index is -1.14. The number of cyclic esters (lactones) is 1. The first-order chi connectivity index (χ1) is 15.5. The number of benzene rings is 1. The van der Waals surface area contributed by atoms with Gasteiger partial charge in [-0.05, 0) is 50.3 Å². The quantitative estimate of drug-likeness (QED) is 0.549. The molecule has 1 aromatic carbocycles. The second kappa shape index (κ2) is 7.28. The maximum Gasteiger partial charge on any atom is 0.338 e. The fourth-order valence-corrected chi connectivity index (χ4v) is 6.67. The monoisotopic (exact) mass is 452 g/mol. The minimum Gasteiger partial charge on any atom is -0.458 e. The van der Waals surface area contributed by atoms with E-state index in [9.17, 15) is 14.7 Å². The number of hydrogen-bond acceptors (Lipinski definition) is 6. The van der Waals surface area contributed by atoms with Gasteiger partial charge < -0.3 is 19.3 Å². The summed E-state index contributed by atoms with van der Waals surface area (Å²) >= 11 is 0. The van der Waals surface area contributed by atoms with Gasteiger partial charge in [-0.15, -0.1) is 0 Å². The first kappa shape index (κ1) is 22.4. The van der Waals surface area contributed by atoms with Gasteiger partial charge in [0.1, 0.15) is 18.3 Å². The molecule has 7 atom stereocenters. The Bertz CT molecular complexity index is 1040. The van der Waals surface area contributed by atoms with E-state index in [1.807, 2.05) is 37.3 Å². The van der Waals surface area contributed by atoms with Gasteiger partial charge in [-0.25, -0.2) is 9.59 Å². The summed E-state index contributed by atoms with van der Waals surface area (Å²) in [5, 5.41) is 11.8. The van der Waals surface area contributed by atoms with Crippen molar-refractivity contribution in [2.45, 2.75) is 70.4 Å². The molecule has 0 spiro atoms. The summed E-state index contributed by atoms with van der Waals surface area (Å²) in [5.41, 5.74) is -1.38. The van der Waals surface area contributed by atoms with E-state index in [-0.39, 0.29) is 30.6 Å². The molecule has 176 valence electrons. The molecule has 0 amide bonds. The van der Waals surface area contributed by atoms with Crippen molar-refractivity contribution in [2.24, 2.45) is 16.7 Å². The van der Waals surface area contributed by atoms with Gasteiger partial charge in [0.2, 0.25) is 0 Å². The SMILES string of the molecule is C[C@@]12[C@@H](OC(=O)c3ccccc3)C[C@](C)(O)[C@](C)(C=CC3=CC(=O)OC3)[C@H]1CC[C@H]1O[C@]12C. The normalized spacial score (nSPS) is 44.0. The number of aliphatic hydroxyl groups is 1. The van der Waals surface area contributed by atoms with Crippen LogP contribution < -0.4 is 0 Å². The van der Waals surface area contributed by atoms with E-state index < -0.39 is 28.1 Å². The average Bonchev–Trinajstić information content (AvgIpc) is 3.30. The van der Waals surface area contributed by atoms with E-state index in [1.54, 1.807) is 12.1 Å². The number of carbonyl (C=O) groups is 2. The zero-order chi connectivity index (χ0) is 23.6. The first-order valence-corrected chi connectivity index (χ1v) is 11.7. The highest BCUT2D eigenvalue weighted by Gasteiger charge is 2.77. The maximum absolute atomic E-state index is 13.0. The van der Waals surface area contributed by atoms with Crippen LogP contribution >= 0.6 is 0 Å². The second-order valence-electron chi connectivity index (χ2n) is 10.8. The number of fused-ring (bicyclic) bond motifs is 3. The summed E-state index contributed by atoms with van der Waals surface area (Å²) in [7, 11) is 0. The molecule has 3 fully saturated rings. The molecular formula is C27H32O6. The summed E-state index contributed by atoms with van der Waals surface area (Å²) in [5.74, 6) is -0.720. The Labute approximate surface area is 194 Å². The van der Waals surface area contributed by atoms with Crippen molar-refractivity contribution >= 4 is 11.9 Å². The fourth-order valence-electron chi connectivity index (χ4n) is 6.67. The van der Waals surface area contributed by atoms with Crippen LogP contribution in [0.5, 0.6) is 0 Å². The average molecular weight is 453 g/mol. The largest absolute Gasteiger partial charge is 0.458 e. The van der Waals surface area contributed by atoms with Gasteiger partial charge in [-0.2, -0.15) is 0 Å². The van der Waals surface area contributed by atoms with E-state index >= 15 is 0 Å². The van der Waals surface area contributed by atoms with E-state index in [0.717, 1.165) is 18.4 Å². The van der Waals surface area contributed by atoms with Crippen LogP contribution in [0.25, 0.3) is 0 Å². The van der Waals surface area contributed by atoms with Crippen LogP contribution in [0.3, 0.4) is 0 Å². The van der Waals surface area contributed by atoms with Gasteiger partial charge in [0, 0.05) is 23.3 Å². The number of rotatable bonds is 4. The topological polar surface area (TPSA) is 85.4 Å². The Hall–Kier alpha value is -2.44. The predicted octanol–water partition coefficient (Wildman–Crippen LogP) is 3.99. The Kier molecular flexibility index (Phi) is 4.93. The Morgan fingerprint density at radius 1 is 1.15 bits per heavy atom. The first-order valence-electron chi connectivity index (χ1n) is 11.7. The molecule has 2 heterocycles. The van der Waals surface area contributed by atoms with Crippen molar-refractivity contribution in [3.63, 3.8) is 0 Å². The molecule has 6 nitrogen and oxygen atoms in total. The molecule has 2 aliphatic carbocycles. The summed E-state index contributed by atoms with van der Waals surface area (Å²) in [6.45, 7) is 8.42. The van der Waals surface area contributed by atoms with Crippen LogP contribution in [0.1, 0.15) is 57.3 Å². The lowest BCUT2D eigenvalue weighted by atomic mass is 9.43. The van der Waals surface area contributed by atoms with Crippen molar-refractivity contribution in [2.75, 3.05) is 6.61 Å². The number of ether oxygens (including phenoxy) is 3. The number of epoxide rings is 1. The molecule has 6 heteroatoms. The fraction of sp³-hybridized carbons (Fsp3) is 0.556. The smallest absolute Gasteiger partial charge is 0.338 e. The van der Waals surface area contributed by atoms with Gasteiger partial charge in [0.05, 0.1) is 17.3 Å². The van der Waals surface area contributed by atoms with Crippen molar-refractivity contribution in [1.29, 1.82) is 0 Å². The standard InChI is InChI=1S/C27H32O6/c1-24(13-12-17-14-22(28)31-16-17)19-10-11-20-27(4,33-20)26(19,3)21(15-25(24,2)30)32-23(29)18-8-6-5-7-9-18/h5-9,12-14,19-21,30H,10-11,15-16H2,1-4H3/t19-,20-,21+,24-,25+,26+,27-/m1/s1. The van der Waals surface area contributed by atoms with Crippen LogP contribution in [-0.2, 0) is 19.0 Å². The van der Waals surface area contributed by atoms with Crippen LogP contribution in [-0.4, -0.2) is 47.1 Å². The molecule has 0 radical (unpaired) electrons. The highest BCUT2D eigenvalue weighted by atomic mass is 16.6. The van der Waals surface area contributed by atoms with Crippen LogP contribution in [0.2, 0.25) is 0 Å². The van der Waals surface area contributed by atoms with Crippen LogP contribution in [0.15, 0.2) is 54.1 Å². The van der Waals surface area contributed by atoms with Gasteiger partial charge in [0.25, 0.3) is 0 Å². The summed E-state index contributed by atoms with van der Waals surface area (Å²) in [4.78, 5) is 24.5. The molecule has 33 heavy (non-hydrogen) atoms. The van der Waals surface area contributed by atoms with Crippen molar-refractivity contribution < 1.29 is 28.9 Å².